The molecule has 0 unspecified atom stereocenters. The number of nitrogens with one attached hydrogen (secondary N) is 1. The van der Waals surface area contributed by atoms with Crippen LogP contribution < -0.4 is 5.32 Å². The maximum atomic E-state index is 11.7. The summed E-state index contributed by atoms with van der Waals surface area (Å²) in [6.45, 7) is 0.111. The molecule has 1 fully saturated rings. The lowest BCUT2D eigenvalue weighted by Crippen LogP contribution is -2.32. The topological polar surface area (TPSA) is 90.3 Å². The van der Waals surface area contributed by atoms with Gasteiger partial charge in [0.2, 0.25) is 17.7 Å². The summed E-state index contributed by atoms with van der Waals surface area (Å²) >= 11 is 0. The van der Waals surface area contributed by atoms with Crippen molar-refractivity contribution in [1.82, 2.24) is 4.90 Å². The van der Waals surface area contributed by atoms with Crippen LogP contribution in [0.5, 0.6) is 0 Å². The van der Waals surface area contributed by atoms with Gasteiger partial charge in [0.05, 0.1) is 11.6 Å². The molecule has 102 valence electrons. The summed E-state index contributed by atoms with van der Waals surface area (Å²) in [6.07, 6.45) is 0.531. The van der Waals surface area contributed by atoms with Gasteiger partial charge in [-0.1, -0.05) is 0 Å². The summed E-state index contributed by atoms with van der Waals surface area (Å²) in [5.41, 5.74) is 1.09. The Balaban J connectivity index is 1.85. The first-order chi connectivity index (χ1) is 9.60. The zero-order valence-electron chi connectivity index (χ0n) is 10.8. The van der Waals surface area contributed by atoms with Crippen molar-refractivity contribution < 1.29 is 14.4 Å². The first-order valence-corrected chi connectivity index (χ1v) is 6.23. The van der Waals surface area contributed by atoms with Crippen LogP contribution in [-0.2, 0) is 14.4 Å². The molecule has 1 aliphatic rings. The second kappa shape index (κ2) is 5.97. The summed E-state index contributed by atoms with van der Waals surface area (Å²) in [4.78, 5) is 35.6. The summed E-state index contributed by atoms with van der Waals surface area (Å²) in [6, 6.07) is 8.44. The molecule has 3 amide bonds. The minimum atomic E-state index is -0.276. The molecule has 1 aromatic carbocycles. The number of imide groups is 1. The second-order valence-electron chi connectivity index (χ2n) is 4.43. The maximum Gasteiger partial charge on any atom is 0.229 e. The molecule has 6 heteroatoms. The van der Waals surface area contributed by atoms with Gasteiger partial charge in [0.15, 0.2) is 0 Å². The molecule has 0 atom stereocenters. The highest BCUT2D eigenvalue weighted by atomic mass is 16.2. The van der Waals surface area contributed by atoms with Crippen LogP contribution in [0.4, 0.5) is 5.69 Å². The van der Waals surface area contributed by atoms with Crippen LogP contribution in [0.1, 0.15) is 24.8 Å². The third-order valence-corrected chi connectivity index (χ3v) is 3.02. The zero-order valence-corrected chi connectivity index (χ0v) is 10.8. The number of likely N-dealkylation sites (tertiary alicyclic amines) is 1. The number of carbonyl (C=O) groups excluding carboxylic acids is 3. The van der Waals surface area contributed by atoms with Crippen LogP contribution in [0.2, 0.25) is 0 Å². The molecular formula is C14H13N3O3. The van der Waals surface area contributed by atoms with Crippen LogP contribution in [0, 0.1) is 11.3 Å². The van der Waals surface area contributed by atoms with Gasteiger partial charge < -0.3 is 5.32 Å². The van der Waals surface area contributed by atoms with Crippen molar-refractivity contribution in [3.8, 4) is 6.07 Å². The Morgan fingerprint density at radius 1 is 1.20 bits per heavy atom. The van der Waals surface area contributed by atoms with E-state index in [2.05, 4.69) is 5.32 Å². The highest BCUT2D eigenvalue weighted by Crippen LogP contribution is 2.13. The van der Waals surface area contributed by atoms with Gasteiger partial charge in [-0.3, -0.25) is 19.3 Å². The van der Waals surface area contributed by atoms with Crippen LogP contribution >= 0.6 is 0 Å². The Labute approximate surface area is 116 Å². The molecule has 0 radical (unpaired) electrons. The van der Waals surface area contributed by atoms with E-state index in [1.54, 1.807) is 24.3 Å². The Hall–Kier alpha value is -2.68. The number of nitrogens with zero attached hydrogens (tertiary/aromatic N) is 2. The molecule has 0 saturated carbocycles. The number of carbonyl (C=O) groups is 3. The molecule has 20 heavy (non-hydrogen) atoms. The van der Waals surface area contributed by atoms with Gasteiger partial charge in [-0.05, 0) is 24.3 Å². The van der Waals surface area contributed by atoms with Crippen molar-refractivity contribution in [2.45, 2.75) is 19.3 Å². The lowest BCUT2D eigenvalue weighted by atomic mass is 10.2. The van der Waals surface area contributed by atoms with E-state index in [1.165, 1.54) is 0 Å². The average Bonchev–Trinajstić information content (AvgIpc) is 2.77. The Bertz CT molecular complexity index is 571. The third kappa shape index (κ3) is 3.20. The number of amides is 3. The fraction of sp³-hybridized carbons (Fsp3) is 0.286. The lowest BCUT2D eigenvalue weighted by molar-refractivity contribution is -0.138. The molecule has 0 bridgehead atoms. The van der Waals surface area contributed by atoms with E-state index in [4.69, 9.17) is 5.26 Å². The molecule has 2 rings (SSSR count). The van der Waals surface area contributed by atoms with Crippen molar-refractivity contribution in [2.75, 3.05) is 11.9 Å². The summed E-state index contributed by atoms with van der Waals surface area (Å²) in [7, 11) is 0. The first kappa shape index (κ1) is 13.7. The lowest BCUT2D eigenvalue weighted by Gasteiger charge is -2.13. The predicted octanol–water partition coefficient (Wildman–Crippen LogP) is 1.04. The molecule has 0 aliphatic carbocycles. The zero-order chi connectivity index (χ0) is 14.5. The Morgan fingerprint density at radius 3 is 2.35 bits per heavy atom. The first-order valence-electron chi connectivity index (χ1n) is 6.23. The molecule has 1 N–H and O–H groups in total. The van der Waals surface area contributed by atoms with Gasteiger partial charge in [-0.15, -0.1) is 0 Å². The summed E-state index contributed by atoms with van der Waals surface area (Å²) in [5, 5.41) is 11.3. The predicted molar refractivity (Wildman–Crippen MR) is 70.4 cm³/mol. The molecule has 1 heterocycles. The van der Waals surface area contributed by atoms with E-state index in [9.17, 15) is 14.4 Å². The van der Waals surface area contributed by atoms with Gasteiger partial charge in [-0.25, -0.2) is 0 Å². The fourth-order valence-corrected chi connectivity index (χ4v) is 1.94. The third-order valence-electron chi connectivity index (χ3n) is 3.02. The van der Waals surface area contributed by atoms with Gasteiger partial charge in [0, 0.05) is 31.5 Å². The van der Waals surface area contributed by atoms with E-state index >= 15 is 0 Å². The number of benzene rings is 1. The van der Waals surface area contributed by atoms with Crippen LogP contribution in [0.3, 0.4) is 0 Å². The summed E-state index contributed by atoms with van der Waals surface area (Å²) in [5.74, 6) is -0.718. The number of hydrogen-bond acceptors (Lipinski definition) is 4. The second-order valence-corrected chi connectivity index (χ2v) is 4.43. The number of anilines is 1. The minimum absolute atomic E-state index is 0.0669. The number of rotatable bonds is 4. The van der Waals surface area contributed by atoms with E-state index in [-0.39, 0.29) is 43.5 Å². The van der Waals surface area contributed by atoms with E-state index in [1.807, 2.05) is 6.07 Å². The number of hydrogen-bond donors (Lipinski definition) is 1. The molecule has 1 aromatic rings. The quantitative estimate of drug-likeness (QED) is 0.828. The van der Waals surface area contributed by atoms with Crippen molar-refractivity contribution in [1.29, 1.82) is 5.26 Å². The molecular weight excluding hydrogens is 258 g/mol. The van der Waals surface area contributed by atoms with Crippen LogP contribution in [0.15, 0.2) is 24.3 Å². The average molecular weight is 271 g/mol. The molecule has 0 aromatic heterocycles. The van der Waals surface area contributed by atoms with Crippen molar-refractivity contribution in [2.24, 2.45) is 0 Å². The van der Waals surface area contributed by atoms with Crippen molar-refractivity contribution >= 4 is 23.4 Å². The summed E-state index contributed by atoms with van der Waals surface area (Å²) < 4.78 is 0. The number of nitriles is 1. The highest BCUT2D eigenvalue weighted by Gasteiger charge is 2.28. The minimum Gasteiger partial charge on any atom is -0.326 e. The standard InChI is InChI=1S/C14H13N3O3/c15-9-10-1-3-11(4-2-10)16-12(18)7-8-17-13(19)5-6-14(17)20/h1-4H,5-8H2,(H,16,18). The van der Waals surface area contributed by atoms with Gasteiger partial charge in [0.25, 0.3) is 0 Å². The van der Waals surface area contributed by atoms with Gasteiger partial charge in [0.1, 0.15) is 0 Å². The monoisotopic (exact) mass is 271 g/mol. The molecule has 1 saturated heterocycles. The highest BCUT2D eigenvalue weighted by molar-refractivity contribution is 6.02. The SMILES string of the molecule is N#Cc1ccc(NC(=O)CCN2C(=O)CCC2=O)cc1. The van der Waals surface area contributed by atoms with Crippen LogP contribution in [-0.4, -0.2) is 29.2 Å². The van der Waals surface area contributed by atoms with E-state index < -0.39 is 0 Å². The van der Waals surface area contributed by atoms with Crippen LogP contribution in [0.25, 0.3) is 0 Å². The fourth-order valence-electron chi connectivity index (χ4n) is 1.94. The molecule has 1 aliphatic heterocycles. The van der Waals surface area contributed by atoms with Crippen molar-refractivity contribution in [3.63, 3.8) is 0 Å². The molecule has 6 nitrogen and oxygen atoms in total. The smallest absolute Gasteiger partial charge is 0.229 e. The largest absolute Gasteiger partial charge is 0.326 e. The van der Waals surface area contributed by atoms with Crippen molar-refractivity contribution in [3.05, 3.63) is 29.8 Å². The van der Waals surface area contributed by atoms with Gasteiger partial charge >= 0.3 is 0 Å². The Kier molecular flexibility index (Phi) is 4.11. The van der Waals surface area contributed by atoms with Gasteiger partial charge in [-0.2, -0.15) is 5.26 Å². The molecule has 0 spiro atoms. The Morgan fingerprint density at radius 2 is 1.80 bits per heavy atom. The van der Waals surface area contributed by atoms with E-state index in [0.29, 0.717) is 11.3 Å². The maximum absolute atomic E-state index is 11.7. The normalized spacial score (nSPS) is 14.2. The van der Waals surface area contributed by atoms with E-state index in [0.717, 1.165) is 4.90 Å².